The molecular formula is C13H17FN2O3. The highest BCUT2D eigenvalue weighted by molar-refractivity contribution is 5.55. The molecule has 0 saturated carbocycles. The molecule has 0 bridgehead atoms. The van der Waals surface area contributed by atoms with Crippen LogP contribution < -0.4 is 14.8 Å². The van der Waals surface area contributed by atoms with Crippen LogP contribution in [0.4, 0.5) is 4.39 Å². The van der Waals surface area contributed by atoms with E-state index >= 15 is 0 Å². The normalized spacial score (nSPS) is 18.8. The van der Waals surface area contributed by atoms with Crippen LogP contribution in [-0.4, -0.2) is 49.5 Å². The van der Waals surface area contributed by atoms with Crippen LogP contribution in [0, 0.1) is 5.82 Å². The van der Waals surface area contributed by atoms with Crippen LogP contribution in [0.2, 0.25) is 0 Å². The maximum atomic E-state index is 13.6. The number of fused-ring (bicyclic) bond motifs is 1. The Balaban J connectivity index is 1.76. The van der Waals surface area contributed by atoms with Crippen LogP contribution in [0.15, 0.2) is 6.07 Å². The molecule has 2 heterocycles. The number of nitrogens with one attached hydrogen (secondary N) is 1. The molecule has 0 amide bonds. The first-order valence-corrected chi connectivity index (χ1v) is 6.48. The predicted octanol–water partition coefficient (Wildman–Crippen LogP) is 0.708. The molecule has 5 nitrogen and oxygen atoms in total. The second-order valence-electron chi connectivity index (χ2n) is 4.76. The summed E-state index contributed by atoms with van der Waals surface area (Å²) in [6.45, 7) is 4.72. The number of rotatable bonds is 3. The molecule has 6 heteroatoms. The van der Waals surface area contributed by atoms with Crippen molar-refractivity contribution in [3.8, 4) is 17.2 Å². The average molecular weight is 268 g/mol. The summed E-state index contributed by atoms with van der Waals surface area (Å²) in [4.78, 5) is 2.28. The zero-order chi connectivity index (χ0) is 13.2. The van der Waals surface area contributed by atoms with Gasteiger partial charge in [0.25, 0.3) is 0 Å². The number of nitrogens with zero attached hydrogens (tertiary/aromatic N) is 1. The molecule has 0 unspecified atom stereocenters. The van der Waals surface area contributed by atoms with Gasteiger partial charge in [-0.15, -0.1) is 0 Å². The summed E-state index contributed by atoms with van der Waals surface area (Å²) in [6.07, 6.45) is 0.551. The van der Waals surface area contributed by atoms with Crippen molar-refractivity contribution >= 4 is 0 Å². The zero-order valence-corrected chi connectivity index (χ0v) is 10.6. The van der Waals surface area contributed by atoms with Crippen molar-refractivity contribution in [1.29, 1.82) is 0 Å². The van der Waals surface area contributed by atoms with Crippen LogP contribution in [-0.2, 0) is 6.42 Å². The van der Waals surface area contributed by atoms with Crippen molar-refractivity contribution in [3.63, 3.8) is 0 Å². The second-order valence-corrected chi connectivity index (χ2v) is 4.76. The highest BCUT2D eigenvalue weighted by Gasteiger charge is 2.24. The van der Waals surface area contributed by atoms with Gasteiger partial charge in [0.1, 0.15) is 0 Å². The van der Waals surface area contributed by atoms with E-state index in [0.717, 1.165) is 32.7 Å². The van der Waals surface area contributed by atoms with E-state index in [0.29, 0.717) is 23.5 Å². The highest BCUT2D eigenvalue weighted by Crippen LogP contribution is 2.42. The summed E-state index contributed by atoms with van der Waals surface area (Å²) in [5.74, 6) is -0.112. The quantitative estimate of drug-likeness (QED) is 0.845. The Morgan fingerprint density at radius 2 is 2.11 bits per heavy atom. The molecule has 1 fully saturated rings. The minimum atomic E-state index is -0.653. The van der Waals surface area contributed by atoms with Crippen molar-refractivity contribution < 1.29 is 19.0 Å². The van der Waals surface area contributed by atoms with E-state index in [2.05, 4.69) is 10.2 Å². The van der Waals surface area contributed by atoms with Gasteiger partial charge in [-0.25, -0.2) is 4.39 Å². The van der Waals surface area contributed by atoms with E-state index in [1.54, 1.807) is 0 Å². The number of phenols is 1. The van der Waals surface area contributed by atoms with Crippen molar-refractivity contribution in [2.75, 3.05) is 39.5 Å². The van der Waals surface area contributed by atoms with Gasteiger partial charge in [0.05, 0.1) is 0 Å². The number of halogens is 1. The fourth-order valence-electron chi connectivity index (χ4n) is 2.50. The minimum absolute atomic E-state index is 0.0822. The molecule has 2 aliphatic rings. The van der Waals surface area contributed by atoms with E-state index in [4.69, 9.17) is 9.47 Å². The molecule has 2 aliphatic heterocycles. The fraction of sp³-hybridized carbons (Fsp3) is 0.538. The smallest absolute Gasteiger partial charge is 0.231 e. The Morgan fingerprint density at radius 1 is 1.32 bits per heavy atom. The number of phenolic OH excluding ortho intramolecular Hbond substituents is 1. The lowest BCUT2D eigenvalue weighted by Gasteiger charge is -2.27. The molecule has 1 aromatic rings. The van der Waals surface area contributed by atoms with E-state index in [1.807, 2.05) is 0 Å². The van der Waals surface area contributed by atoms with Gasteiger partial charge in [-0.3, -0.25) is 0 Å². The van der Waals surface area contributed by atoms with Gasteiger partial charge in [-0.2, -0.15) is 0 Å². The van der Waals surface area contributed by atoms with Crippen LogP contribution in [0.5, 0.6) is 17.2 Å². The van der Waals surface area contributed by atoms with E-state index < -0.39 is 5.82 Å². The third-order valence-electron chi connectivity index (χ3n) is 3.57. The highest BCUT2D eigenvalue weighted by atomic mass is 19.1. The van der Waals surface area contributed by atoms with Gasteiger partial charge in [-0.1, -0.05) is 0 Å². The molecule has 2 N–H and O–H groups in total. The topological polar surface area (TPSA) is 54.0 Å². The molecule has 1 aromatic carbocycles. The van der Waals surface area contributed by atoms with Crippen molar-refractivity contribution in [1.82, 2.24) is 10.2 Å². The van der Waals surface area contributed by atoms with Crippen molar-refractivity contribution in [2.24, 2.45) is 0 Å². The maximum Gasteiger partial charge on any atom is 0.231 e. The lowest BCUT2D eigenvalue weighted by atomic mass is 10.1. The predicted molar refractivity (Wildman–Crippen MR) is 67.2 cm³/mol. The number of hydrogen-bond acceptors (Lipinski definition) is 5. The maximum absolute atomic E-state index is 13.6. The third-order valence-corrected chi connectivity index (χ3v) is 3.57. The molecule has 1 saturated heterocycles. The standard InChI is InChI=1S/C13H17FN2O3/c14-10-7-11-13(19-8-18-11)9(12(10)17)1-4-16-5-2-15-3-6-16/h7,15,17H,1-6,8H2. The van der Waals surface area contributed by atoms with Crippen LogP contribution in [0.3, 0.4) is 0 Å². The molecule has 0 spiro atoms. The van der Waals surface area contributed by atoms with Crippen molar-refractivity contribution in [3.05, 3.63) is 17.4 Å². The summed E-state index contributed by atoms with van der Waals surface area (Å²) in [5.41, 5.74) is 0.506. The second kappa shape index (κ2) is 5.22. The van der Waals surface area contributed by atoms with Gasteiger partial charge in [0.2, 0.25) is 6.79 Å². The fourth-order valence-corrected chi connectivity index (χ4v) is 2.50. The summed E-state index contributed by atoms with van der Waals surface area (Å²) in [7, 11) is 0. The van der Waals surface area contributed by atoms with Gasteiger partial charge < -0.3 is 24.8 Å². The van der Waals surface area contributed by atoms with Crippen molar-refractivity contribution in [2.45, 2.75) is 6.42 Å². The lowest BCUT2D eigenvalue weighted by molar-refractivity contribution is 0.172. The van der Waals surface area contributed by atoms with Crippen LogP contribution in [0.1, 0.15) is 5.56 Å². The number of benzene rings is 1. The largest absolute Gasteiger partial charge is 0.505 e. The van der Waals surface area contributed by atoms with Gasteiger partial charge >= 0.3 is 0 Å². The summed E-state index contributed by atoms with van der Waals surface area (Å²) < 4.78 is 24.1. The lowest BCUT2D eigenvalue weighted by Crippen LogP contribution is -2.44. The number of hydrogen-bond donors (Lipinski definition) is 2. The Hall–Kier alpha value is -1.53. The Kier molecular flexibility index (Phi) is 3.44. The van der Waals surface area contributed by atoms with Crippen LogP contribution >= 0.6 is 0 Å². The monoisotopic (exact) mass is 268 g/mol. The molecule has 0 aromatic heterocycles. The molecule has 3 rings (SSSR count). The van der Waals surface area contributed by atoms with Gasteiger partial charge in [0, 0.05) is 44.4 Å². The van der Waals surface area contributed by atoms with Gasteiger partial charge in [0.15, 0.2) is 23.1 Å². The third kappa shape index (κ3) is 2.46. The van der Waals surface area contributed by atoms with Gasteiger partial charge in [-0.05, 0) is 6.42 Å². The molecule has 0 aliphatic carbocycles. The SMILES string of the molecule is Oc1c(F)cc2c(c1CCN1CCNCC1)OCO2. The number of aromatic hydroxyl groups is 1. The molecular weight excluding hydrogens is 251 g/mol. The first kappa shape index (κ1) is 12.5. The number of piperazine rings is 1. The molecule has 104 valence electrons. The van der Waals surface area contributed by atoms with E-state index in [9.17, 15) is 9.50 Å². The van der Waals surface area contributed by atoms with E-state index in [1.165, 1.54) is 6.07 Å². The Labute approximate surface area is 110 Å². The first-order chi connectivity index (χ1) is 9.25. The summed E-state index contributed by atoms with van der Waals surface area (Å²) >= 11 is 0. The molecule has 19 heavy (non-hydrogen) atoms. The van der Waals surface area contributed by atoms with Crippen LogP contribution in [0.25, 0.3) is 0 Å². The Bertz CT molecular complexity index is 475. The minimum Gasteiger partial charge on any atom is -0.505 e. The van der Waals surface area contributed by atoms with E-state index in [-0.39, 0.29) is 12.5 Å². The average Bonchev–Trinajstić information content (AvgIpc) is 2.88. The number of ether oxygens (including phenoxy) is 2. The zero-order valence-electron chi connectivity index (χ0n) is 10.6. The Morgan fingerprint density at radius 3 is 2.89 bits per heavy atom. The summed E-state index contributed by atoms with van der Waals surface area (Å²) in [5, 5.41) is 13.1. The molecule has 0 radical (unpaired) electrons. The molecule has 0 atom stereocenters. The summed E-state index contributed by atoms with van der Waals surface area (Å²) in [6, 6.07) is 1.17. The first-order valence-electron chi connectivity index (χ1n) is 6.48.